The molecule has 0 aromatic carbocycles. The van der Waals surface area contributed by atoms with Crippen LogP contribution in [0.4, 0.5) is 0 Å². The van der Waals surface area contributed by atoms with Crippen LogP contribution in [0.25, 0.3) is 11.2 Å². The Morgan fingerprint density at radius 2 is 2.33 bits per heavy atom. The molecular weight excluding hydrogens is 188 g/mol. The monoisotopic (exact) mass is 204 g/mol. The molecule has 0 spiro atoms. The van der Waals surface area contributed by atoms with Gasteiger partial charge in [-0.15, -0.1) is 0 Å². The van der Waals surface area contributed by atoms with Gasteiger partial charge < -0.3 is 10.3 Å². The molecule has 2 rings (SSSR count). The number of nitrogens with two attached hydrogens (primary N) is 1. The van der Waals surface area contributed by atoms with Crippen LogP contribution in [0.2, 0.25) is 0 Å². The van der Waals surface area contributed by atoms with E-state index in [0.29, 0.717) is 0 Å². The maximum absolute atomic E-state index is 5.80. The molecule has 4 nitrogen and oxygen atoms in total. The van der Waals surface area contributed by atoms with Gasteiger partial charge in [0.2, 0.25) is 0 Å². The van der Waals surface area contributed by atoms with Crippen LogP contribution in [0.3, 0.4) is 0 Å². The third-order valence-electron chi connectivity index (χ3n) is 2.40. The number of nitrogens with zero attached hydrogens (tertiary/aromatic N) is 3. The van der Waals surface area contributed by atoms with Crippen molar-refractivity contribution in [2.24, 2.45) is 5.73 Å². The fraction of sp³-hybridized carbons (Fsp3) is 0.455. The molecule has 0 aliphatic heterocycles. The Balaban J connectivity index is 2.54. The molecule has 0 aliphatic rings. The lowest BCUT2D eigenvalue weighted by molar-refractivity contribution is 0.644. The van der Waals surface area contributed by atoms with Crippen LogP contribution in [-0.4, -0.2) is 20.6 Å². The minimum absolute atomic E-state index is 0.132. The van der Waals surface area contributed by atoms with E-state index >= 15 is 0 Å². The highest BCUT2D eigenvalue weighted by Gasteiger charge is 2.10. The SMILES string of the molecule is CCn1c(CC(C)N)nc2cccnc21. The number of aryl methyl sites for hydroxylation is 1. The Hall–Kier alpha value is -1.42. The van der Waals surface area contributed by atoms with Crippen LogP contribution >= 0.6 is 0 Å². The summed E-state index contributed by atoms with van der Waals surface area (Å²) < 4.78 is 2.12. The number of imidazole rings is 1. The van der Waals surface area contributed by atoms with E-state index in [2.05, 4.69) is 21.5 Å². The summed E-state index contributed by atoms with van der Waals surface area (Å²) in [7, 11) is 0. The van der Waals surface area contributed by atoms with Gasteiger partial charge >= 0.3 is 0 Å². The van der Waals surface area contributed by atoms with Gasteiger partial charge in [-0.3, -0.25) is 0 Å². The smallest absolute Gasteiger partial charge is 0.159 e. The van der Waals surface area contributed by atoms with Crippen LogP contribution in [0.1, 0.15) is 19.7 Å². The summed E-state index contributed by atoms with van der Waals surface area (Å²) in [6, 6.07) is 4.02. The summed E-state index contributed by atoms with van der Waals surface area (Å²) in [4.78, 5) is 8.88. The minimum atomic E-state index is 0.132. The second-order valence-electron chi connectivity index (χ2n) is 3.80. The average molecular weight is 204 g/mol. The van der Waals surface area contributed by atoms with Crippen LogP contribution < -0.4 is 5.73 Å². The van der Waals surface area contributed by atoms with Crippen molar-refractivity contribution in [3.8, 4) is 0 Å². The molecule has 0 radical (unpaired) electrons. The van der Waals surface area contributed by atoms with Gasteiger partial charge in [0, 0.05) is 25.2 Å². The summed E-state index contributed by atoms with van der Waals surface area (Å²) in [6.07, 6.45) is 2.59. The molecule has 4 heteroatoms. The zero-order valence-electron chi connectivity index (χ0n) is 9.14. The topological polar surface area (TPSA) is 56.7 Å². The Bertz CT molecular complexity index is 459. The minimum Gasteiger partial charge on any atom is -0.328 e. The van der Waals surface area contributed by atoms with E-state index in [4.69, 9.17) is 5.73 Å². The van der Waals surface area contributed by atoms with Crippen LogP contribution in [0.5, 0.6) is 0 Å². The fourth-order valence-corrected chi connectivity index (χ4v) is 1.78. The predicted octanol–water partition coefficient (Wildman–Crippen LogP) is 1.34. The summed E-state index contributed by atoms with van der Waals surface area (Å²) in [5.41, 5.74) is 7.70. The number of rotatable bonds is 3. The van der Waals surface area contributed by atoms with Crippen molar-refractivity contribution in [3.63, 3.8) is 0 Å². The van der Waals surface area contributed by atoms with Crippen molar-refractivity contribution in [2.45, 2.75) is 32.9 Å². The lowest BCUT2D eigenvalue weighted by Crippen LogP contribution is -2.20. The first-order valence-corrected chi connectivity index (χ1v) is 5.28. The van der Waals surface area contributed by atoms with E-state index < -0.39 is 0 Å². The third kappa shape index (κ3) is 1.85. The maximum atomic E-state index is 5.80. The van der Waals surface area contributed by atoms with Crippen molar-refractivity contribution in [1.29, 1.82) is 0 Å². The normalized spacial score (nSPS) is 13.3. The Labute approximate surface area is 89.1 Å². The maximum Gasteiger partial charge on any atom is 0.159 e. The van der Waals surface area contributed by atoms with E-state index in [1.54, 1.807) is 6.20 Å². The molecule has 0 aliphatic carbocycles. The molecule has 2 heterocycles. The second-order valence-corrected chi connectivity index (χ2v) is 3.80. The Morgan fingerprint density at radius 1 is 1.53 bits per heavy atom. The summed E-state index contributed by atoms with van der Waals surface area (Å²) in [6.45, 7) is 4.98. The molecule has 2 aromatic heterocycles. The predicted molar refractivity (Wildman–Crippen MR) is 60.6 cm³/mol. The molecule has 15 heavy (non-hydrogen) atoms. The van der Waals surface area contributed by atoms with Gasteiger partial charge in [-0.1, -0.05) is 0 Å². The highest BCUT2D eigenvalue weighted by Crippen LogP contribution is 2.14. The summed E-state index contributed by atoms with van der Waals surface area (Å²) >= 11 is 0. The van der Waals surface area contributed by atoms with E-state index in [1.165, 1.54) is 0 Å². The van der Waals surface area contributed by atoms with Crippen molar-refractivity contribution in [1.82, 2.24) is 14.5 Å². The molecule has 0 saturated carbocycles. The highest BCUT2D eigenvalue weighted by atomic mass is 15.1. The van der Waals surface area contributed by atoms with Gasteiger partial charge in [-0.05, 0) is 26.0 Å². The lowest BCUT2D eigenvalue weighted by atomic mass is 10.2. The first-order valence-electron chi connectivity index (χ1n) is 5.28. The van der Waals surface area contributed by atoms with Gasteiger partial charge in [0.05, 0.1) is 0 Å². The molecule has 0 amide bonds. The first-order chi connectivity index (χ1) is 7.22. The molecule has 0 bridgehead atoms. The van der Waals surface area contributed by atoms with E-state index in [0.717, 1.165) is 30.0 Å². The highest BCUT2D eigenvalue weighted by molar-refractivity contribution is 5.71. The van der Waals surface area contributed by atoms with E-state index in [1.807, 2.05) is 19.1 Å². The number of pyridine rings is 1. The second kappa shape index (κ2) is 3.98. The molecule has 80 valence electrons. The quantitative estimate of drug-likeness (QED) is 0.820. The fourth-order valence-electron chi connectivity index (χ4n) is 1.78. The Morgan fingerprint density at radius 3 is 3.00 bits per heavy atom. The molecule has 1 atom stereocenters. The zero-order valence-corrected chi connectivity index (χ0v) is 9.14. The Kier molecular flexibility index (Phi) is 2.68. The van der Waals surface area contributed by atoms with Crippen molar-refractivity contribution < 1.29 is 0 Å². The number of aromatic nitrogens is 3. The van der Waals surface area contributed by atoms with Crippen LogP contribution in [0, 0.1) is 0 Å². The average Bonchev–Trinajstić information content (AvgIpc) is 2.53. The molecule has 2 aromatic rings. The number of fused-ring (bicyclic) bond motifs is 1. The first kappa shape index (κ1) is 10.1. The van der Waals surface area contributed by atoms with Crippen molar-refractivity contribution in [3.05, 3.63) is 24.2 Å². The summed E-state index contributed by atoms with van der Waals surface area (Å²) in [5, 5.41) is 0. The number of hydrogen-bond donors (Lipinski definition) is 1. The van der Waals surface area contributed by atoms with Crippen molar-refractivity contribution in [2.75, 3.05) is 0 Å². The summed E-state index contributed by atoms with van der Waals surface area (Å²) in [5.74, 6) is 1.03. The van der Waals surface area contributed by atoms with Gasteiger partial charge in [0.25, 0.3) is 0 Å². The van der Waals surface area contributed by atoms with E-state index in [-0.39, 0.29) is 6.04 Å². The standard InChI is InChI=1S/C11H16N4/c1-3-15-10(7-8(2)12)14-9-5-4-6-13-11(9)15/h4-6,8H,3,7,12H2,1-2H3. The van der Waals surface area contributed by atoms with Gasteiger partial charge in [-0.2, -0.15) is 0 Å². The van der Waals surface area contributed by atoms with E-state index in [9.17, 15) is 0 Å². The molecule has 0 fully saturated rings. The van der Waals surface area contributed by atoms with Crippen molar-refractivity contribution >= 4 is 11.2 Å². The molecule has 1 unspecified atom stereocenters. The molecule has 2 N–H and O–H groups in total. The largest absolute Gasteiger partial charge is 0.328 e. The van der Waals surface area contributed by atoms with Gasteiger partial charge in [0.1, 0.15) is 11.3 Å². The lowest BCUT2D eigenvalue weighted by Gasteiger charge is -2.07. The van der Waals surface area contributed by atoms with Gasteiger partial charge in [-0.25, -0.2) is 9.97 Å². The van der Waals surface area contributed by atoms with Gasteiger partial charge in [0.15, 0.2) is 5.65 Å². The van der Waals surface area contributed by atoms with Crippen LogP contribution in [-0.2, 0) is 13.0 Å². The van der Waals surface area contributed by atoms with Crippen LogP contribution in [0.15, 0.2) is 18.3 Å². The number of hydrogen-bond acceptors (Lipinski definition) is 3. The third-order valence-corrected chi connectivity index (χ3v) is 2.40. The molecule has 0 saturated heterocycles. The zero-order chi connectivity index (χ0) is 10.8. The molecular formula is C11H16N4.